The van der Waals surface area contributed by atoms with Crippen LogP contribution in [-0.4, -0.2) is 136 Å². The minimum Gasteiger partial charge on any atom is -0.454 e. The summed E-state index contributed by atoms with van der Waals surface area (Å²) in [6, 6.07) is 17.9. The number of carbonyl (C=O) groups excluding carboxylic acids is 6. The molecule has 6 amide bonds. The Hall–Kier alpha value is -5.23. The van der Waals surface area contributed by atoms with Gasteiger partial charge in [-0.25, -0.2) is 0 Å². The Labute approximate surface area is 523 Å². The van der Waals surface area contributed by atoms with Crippen LogP contribution in [0, 0.1) is 50.2 Å². The van der Waals surface area contributed by atoms with Crippen LogP contribution in [0.2, 0.25) is 0 Å². The lowest BCUT2D eigenvalue weighted by Crippen LogP contribution is -2.73. The van der Waals surface area contributed by atoms with Crippen molar-refractivity contribution in [1.29, 1.82) is 15.8 Å². The van der Waals surface area contributed by atoms with Crippen LogP contribution in [-0.2, 0) is 78.9 Å². The second-order valence-electron chi connectivity index (χ2n) is 23.5. The van der Waals surface area contributed by atoms with Crippen LogP contribution in [0.1, 0.15) is 95.6 Å². The second-order valence-corrected chi connectivity index (χ2v) is 35.8. The maximum Gasteiger partial charge on any atom is 0.261 e. The molecule has 13 heterocycles. The Balaban J connectivity index is 0.000000118. The van der Waals surface area contributed by atoms with E-state index in [-0.39, 0.29) is 75.1 Å². The molecule has 13 aliphatic heterocycles. The largest absolute Gasteiger partial charge is 0.454 e. The van der Waals surface area contributed by atoms with E-state index in [2.05, 4.69) is 50.1 Å². The van der Waals surface area contributed by atoms with Crippen LogP contribution in [0.4, 0.5) is 0 Å². The first-order valence-electron chi connectivity index (χ1n) is 26.1. The van der Waals surface area contributed by atoms with E-state index in [0.29, 0.717) is 54.6 Å². The number of fused-ring (bicyclic) bond motifs is 7. The number of likely N-dealkylation sites (N-methyl/N-ethyl adjacent to an activating group) is 3. The monoisotopic (exact) mass is 1400 g/mol. The molecule has 0 N–H and O–H groups in total. The molecule has 0 aliphatic carbocycles. The maximum atomic E-state index is 13.8. The first kappa shape index (κ1) is 57.8. The van der Waals surface area contributed by atoms with Gasteiger partial charge in [-0.05, 0) is 113 Å². The van der Waals surface area contributed by atoms with Gasteiger partial charge in [0.15, 0.2) is 63.7 Å². The molecule has 3 aromatic rings. The van der Waals surface area contributed by atoms with Crippen LogP contribution in [0.3, 0.4) is 0 Å². The van der Waals surface area contributed by atoms with Gasteiger partial charge in [-0.3, -0.25) is 28.8 Å². The summed E-state index contributed by atoms with van der Waals surface area (Å²) in [4.78, 5) is 84.0. The SMILES string of the molecule is CN1C(=O)C23C[C@](C)(C#N)C(c4cccc5c4OCO5)N2C(=O)C1(C)SS3.CN1C(=O)[C@]23C[C@](C)(C#N)C(c4c(Br)ccc5c4OCO5)N2C(=O)C1(C)S3=S=S.CN1C(=O)[C@]23C[C@](C)(C#N)C(c4c(Br)ccc5c4OCO5)N2C(=O)[C@@]1(C)S3=S. The zero-order valence-electron chi connectivity index (χ0n) is 46.1. The van der Waals surface area contributed by atoms with Gasteiger partial charge in [0, 0.05) is 66.0 Å². The first-order valence-corrected chi connectivity index (χ1v) is 35.5. The molecule has 21 nitrogen and oxygen atoms in total. The number of benzene rings is 3. The molecule has 10 saturated heterocycles. The molecule has 438 valence electrons. The first-order chi connectivity index (χ1) is 39.6. The Morgan fingerprint density at radius 1 is 0.560 bits per heavy atom. The fourth-order valence-electron chi connectivity index (χ4n) is 14.7. The van der Waals surface area contributed by atoms with Crippen LogP contribution < -0.4 is 28.4 Å². The van der Waals surface area contributed by atoms with Gasteiger partial charge >= 0.3 is 0 Å². The smallest absolute Gasteiger partial charge is 0.261 e. The van der Waals surface area contributed by atoms with Crippen molar-refractivity contribution < 1.29 is 57.2 Å². The summed E-state index contributed by atoms with van der Waals surface area (Å²) in [5.74, 6) is 2.31. The van der Waals surface area contributed by atoms with E-state index in [1.54, 1.807) is 88.7 Å². The molecule has 0 saturated carbocycles. The molecule has 16 rings (SSSR count). The van der Waals surface area contributed by atoms with Crippen LogP contribution in [0.5, 0.6) is 34.5 Å². The number of amides is 6. The van der Waals surface area contributed by atoms with Crippen molar-refractivity contribution in [3.05, 3.63) is 68.1 Å². The lowest BCUT2D eigenvalue weighted by molar-refractivity contribution is -0.164. The van der Waals surface area contributed by atoms with Crippen molar-refractivity contribution in [2.45, 2.75) is 108 Å². The third kappa shape index (κ3) is 6.58. The van der Waals surface area contributed by atoms with Crippen LogP contribution >= 0.6 is 53.4 Å². The molecular formula is C54H49Br2N9O12S7. The number of hydrogen-bond donors (Lipinski definition) is 0. The van der Waals surface area contributed by atoms with E-state index in [1.807, 2.05) is 31.2 Å². The topological polar surface area (TPSA) is 249 Å². The highest BCUT2D eigenvalue weighted by molar-refractivity contribution is 9.10. The van der Waals surface area contributed by atoms with Gasteiger partial charge in [-0.15, -0.1) is 0 Å². The van der Waals surface area contributed by atoms with Gasteiger partial charge in [0.2, 0.25) is 20.4 Å². The van der Waals surface area contributed by atoms with E-state index in [1.165, 1.54) is 36.3 Å². The summed E-state index contributed by atoms with van der Waals surface area (Å²) < 4.78 is 35.0. The number of para-hydroxylation sites is 1. The predicted molar refractivity (Wildman–Crippen MR) is 321 cm³/mol. The molecule has 3 aromatic carbocycles. The van der Waals surface area contributed by atoms with E-state index in [9.17, 15) is 44.6 Å². The molecule has 3 spiro atoms. The molecule has 84 heavy (non-hydrogen) atoms. The van der Waals surface area contributed by atoms with Crippen molar-refractivity contribution in [3.8, 4) is 52.7 Å². The number of carbonyl (C=O) groups is 6. The number of nitrogens with zero attached hydrogens (tertiary/aromatic N) is 9. The third-order valence-electron chi connectivity index (χ3n) is 19.1. The zero-order valence-corrected chi connectivity index (χ0v) is 54.9. The van der Waals surface area contributed by atoms with Crippen molar-refractivity contribution in [2.75, 3.05) is 41.5 Å². The molecule has 6 bridgehead atoms. The van der Waals surface area contributed by atoms with Crippen molar-refractivity contribution in [3.63, 3.8) is 0 Å². The Morgan fingerprint density at radius 2 is 1.02 bits per heavy atom. The van der Waals surface area contributed by atoms with Gasteiger partial charge in [0.25, 0.3) is 35.4 Å². The minimum absolute atomic E-state index is 0.0681. The van der Waals surface area contributed by atoms with E-state index < -0.39 is 82.5 Å². The quantitative estimate of drug-likeness (QED) is 0.257. The highest BCUT2D eigenvalue weighted by Gasteiger charge is 2.83. The predicted octanol–water partition coefficient (Wildman–Crippen LogP) is 6.41. The Morgan fingerprint density at radius 3 is 1.56 bits per heavy atom. The van der Waals surface area contributed by atoms with Gasteiger partial charge in [-0.2, -0.15) is 15.8 Å². The summed E-state index contributed by atoms with van der Waals surface area (Å²) in [5, 5.41) is 30.4. The molecule has 0 aromatic heterocycles. The highest BCUT2D eigenvalue weighted by atomic mass is 79.9. The summed E-state index contributed by atoms with van der Waals surface area (Å²) in [6.07, 6.45) is 0.707. The second kappa shape index (κ2) is 18.4. The van der Waals surface area contributed by atoms with Crippen LogP contribution in [0.25, 0.3) is 0 Å². The van der Waals surface area contributed by atoms with Gasteiger partial charge in [-0.1, -0.05) is 75.0 Å². The zero-order chi connectivity index (χ0) is 60.3. The summed E-state index contributed by atoms with van der Waals surface area (Å²) in [5.41, 5.74) is -0.905. The van der Waals surface area contributed by atoms with E-state index in [0.717, 1.165) is 14.4 Å². The number of halogens is 2. The molecule has 13 aliphatic rings. The number of ether oxygens (including phenoxy) is 6. The number of hydrogen-bond acceptors (Lipinski definition) is 19. The van der Waals surface area contributed by atoms with Crippen molar-refractivity contribution in [1.82, 2.24) is 29.4 Å². The van der Waals surface area contributed by atoms with E-state index >= 15 is 0 Å². The normalized spacial score (nSPS) is 39.5. The van der Waals surface area contributed by atoms with Crippen LogP contribution in [0.15, 0.2) is 51.4 Å². The Kier molecular flexibility index (Phi) is 12.7. The molecular weight excluding hydrogens is 1350 g/mol. The highest BCUT2D eigenvalue weighted by Crippen LogP contribution is 2.72. The fraction of sp³-hybridized carbons (Fsp3) is 0.500. The number of piperazine rings is 3. The number of nitriles is 3. The molecule has 14 atom stereocenters. The van der Waals surface area contributed by atoms with Crippen molar-refractivity contribution in [2.24, 2.45) is 16.2 Å². The molecule has 10 fully saturated rings. The van der Waals surface area contributed by atoms with Gasteiger partial charge in [0.05, 0.1) is 52.6 Å². The average molecular weight is 1400 g/mol. The lowest BCUT2D eigenvalue weighted by Gasteiger charge is -2.57. The average Bonchev–Trinajstić information content (AvgIpc) is 1.49. The van der Waals surface area contributed by atoms with Crippen molar-refractivity contribution >= 4 is 139 Å². The molecule has 8 unspecified atom stereocenters. The third-order valence-corrected chi connectivity index (χ3v) is 34.1. The van der Waals surface area contributed by atoms with Gasteiger partial charge in [0.1, 0.15) is 0 Å². The minimum atomic E-state index is -1.17. The summed E-state index contributed by atoms with van der Waals surface area (Å²) in [6.45, 7) is 10.9. The molecule has 0 radical (unpaired) electrons. The summed E-state index contributed by atoms with van der Waals surface area (Å²) >= 11 is 18.3. The fourth-order valence-corrected chi connectivity index (χ4v) is 29.5. The summed E-state index contributed by atoms with van der Waals surface area (Å²) in [7, 11) is 7.11. The standard InChI is InChI=1S/C18H16BrN3O4S3.C18H16BrN3O4S2.C18H17N3O4S2/c1-16(7-20)6-18-15(24)21(3)17(2,29(18)28-27)14(23)22(18)13(16)11-9(19)4-5-10-12(11)26-8-25-10;1-16(7-20)6-18-15(24)21(3)17(2,28(18)27)14(23)22(18)13(16)11-9(19)4-5-10-12(11)26-8-25-10;1-16(8-19)7-18-15(23)20(3)17(2,26-27-18)14(22)21(18)13(16)10-5-4-6-11-12(10)25-9-24-11/h4-5,13H,6,8H2,1-3H3;4-5,13H,6,8H2,1-3H3;4-6,13H,7,9H2,1-3H3/t13?,16-,17?,18-,29?;13?,16-,17-,18-,28?;13?,16-,17?,18?/m111/s1. The number of rotatable bonds is 3. The lowest BCUT2D eigenvalue weighted by atomic mass is 9.79. The maximum absolute atomic E-state index is 13.8. The Bertz CT molecular complexity index is 3920. The van der Waals surface area contributed by atoms with Gasteiger partial charge < -0.3 is 57.8 Å². The molecule has 30 heteroatoms. The van der Waals surface area contributed by atoms with E-state index in [4.69, 9.17) is 50.8 Å².